The van der Waals surface area contributed by atoms with Crippen LogP contribution in [-0.2, 0) is 36.8 Å². The summed E-state index contributed by atoms with van der Waals surface area (Å²) in [6.07, 6.45) is -0.566. The zero-order valence-corrected chi connectivity index (χ0v) is 16.7. The van der Waals surface area contributed by atoms with Crippen LogP contribution in [0, 0.1) is 5.92 Å². The molecule has 154 valence electrons. The minimum Gasteiger partial charge on any atom is -0.469 e. The lowest BCUT2D eigenvalue weighted by Gasteiger charge is -2.33. The van der Waals surface area contributed by atoms with Crippen LogP contribution >= 0.6 is 0 Å². The van der Waals surface area contributed by atoms with Crippen LogP contribution in [0.25, 0.3) is 0 Å². The van der Waals surface area contributed by atoms with E-state index >= 15 is 0 Å². The monoisotopic (exact) mass is 397 g/mol. The molecule has 0 bridgehead atoms. The van der Waals surface area contributed by atoms with Crippen LogP contribution in [0.15, 0.2) is 60.7 Å². The Morgan fingerprint density at radius 2 is 1.55 bits per heavy atom. The summed E-state index contributed by atoms with van der Waals surface area (Å²) >= 11 is 0. The van der Waals surface area contributed by atoms with Gasteiger partial charge in [0.1, 0.15) is 0 Å². The van der Waals surface area contributed by atoms with Crippen molar-refractivity contribution >= 4 is 11.9 Å². The first-order valence-electron chi connectivity index (χ1n) is 9.83. The fraction of sp³-hybridized carbons (Fsp3) is 0.391. The maximum Gasteiger partial charge on any atom is 0.312 e. The number of carbonyl (C=O) groups is 2. The molecule has 2 atom stereocenters. The largest absolute Gasteiger partial charge is 0.469 e. The predicted octanol–water partition coefficient (Wildman–Crippen LogP) is 2.46. The third-order valence-electron chi connectivity index (χ3n) is 5.01. The van der Waals surface area contributed by atoms with Crippen molar-refractivity contribution in [1.82, 2.24) is 4.90 Å². The van der Waals surface area contributed by atoms with Gasteiger partial charge >= 0.3 is 5.97 Å². The first-order chi connectivity index (χ1) is 14.2. The second kappa shape index (κ2) is 10.7. The first kappa shape index (κ1) is 21.0. The van der Waals surface area contributed by atoms with E-state index < -0.39 is 18.0 Å². The normalized spacial score (nSPS) is 16.1. The van der Waals surface area contributed by atoms with Crippen LogP contribution < -0.4 is 0 Å². The zero-order valence-electron chi connectivity index (χ0n) is 16.7. The Kier molecular flexibility index (Phi) is 7.78. The van der Waals surface area contributed by atoms with Crippen molar-refractivity contribution < 1.29 is 23.8 Å². The summed E-state index contributed by atoms with van der Waals surface area (Å²) in [7, 11) is 1.34. The van der Waals surface area contributed by atoms with Crippen LogP contribution in [0.1, 0.15) is 11.1 Å². The molecule has 0 aromatic heterocycles. The molecule has 0 radical (unpaired) electrons. The van der Waals surface area contributed by atoms with Crippen molar-refractivity contribution in [1.29, 1.82) is 0 Å². The molecular formula is C23H27NO5. The fourth-order valence-electron chi connectivity index (χ4n) is 3.42. The lowest BCUT2D eigenvalue weighted by molar-refractivity contribution is -0.164. The highest BCUT2D eigenvalue weighted by atomic mass is 16.5. The maximum absolute atomic E-state index is 13.3. The maximum atomic E-state index is 13.3. The Labute approximate surface area is 171 Å². The van der Waals surface area contributed by atoms with Crippen LogP contribution in [0.3, 0.4) is 0 Å². The van der Waals surface area contributed by atoms with Crippen LogP contribution in [0.2, 0.25) is 0 Å². The number of rotatable bonds is 8. The highest BCUT2D eigenvalue weighted by molar-refractivity contribution is 5.87. The topological polar surface area (TPSA) is 65.1 Å². The molecule has 0 N–H and O–H groups in total. The number of esters is 1. The summed E-state index contributed by atoms with van der Waals surface area (Å²) in [6, 6.07) is 19.2. The predicted molar refractivity (Wildman–Crippen MR) is 108 cm³/mol. The van der Waals surface area contributed by atoms with Gasteiger partial charge < -0.3 is 19.1 Å². The average molecular weight is 397 g/mol. The van der Waals surface area contributed by atoms with Gasteiger partial charge in [0.15, 0.2) is 6.10 Å². The van der Waals surface area contributed by atoms with Gasteiger partial charge in [-0.3, -0.25) is 9.59 Å². The Bertz CT molecular complexity index is 774. The summed E-state index contributed by atoms with van der Waals surface area (Å²) in [6.45, 7) is 2.19. The van der Waals surface area contributed by atoms with Crippen molar-refractivity contribution in [3.05, 3.63) is 71.8 Å². The summed E-state index contributed by atoms with van der Waals surface area (Å²) in [4.78, 5) is 27.7. The molecule has 2 aromatic rings. The SMILES string of the molecule is COC(=O)C(Cc1ccccc1)C(OCc1ccccc1)C(=O)N1CCOCC1. The summed E-state index contributed by atoms with van der Waals surface area (Å²) in [5, 5.41) is 0. The van der Waals surface area contributed by atoms with Gasteiger partial charge in [0.2, 0.25) is 0 Å². The number of amides is 1. The number of hydrogen-bond donors (Lipinski definition) is 0. The Morgan fingerprint density at radius 3 is 2.14 bits per heavy atom. The summed E-state index contributed by atoms with van der Waals surface area (Å²) in [5.74, 6) is -1.38. The number of benzene rings is 2. The molecule has 1 fully saturated rings. The lowest BCUT2D eigenvalue weighted by atomic mass is 9.92. The molecule has 6 heteroatoms. The molecule has 1 amide bonds. The van der Waals surface area contributed by atoms with Crippen molar-refractivity contribution in [2.75, 3.05) is 33.4 Å². The van der Waals surface area contributed by atoms with Crippen molar-refractivity contribution in [2.24, 2.45) is 5.92 Å². The fourth-order valence-corrected chi connectivity index (χ4v) is 3.42. The standard InChI is InChI=1S/C23H27NO5/c1-27-23(26)20(16-18-8-4-2-5-9-18)21(22(25)24-12-14-28-15-13-24)29-17-19-10-6-3-7-11-19/h2-11,20-21H,12-17H2,1H3. The third-order valence-corrected chi connectivity index (χ3v) is 5.01. The van der Waals surface area contributed by atoms with E-state index in [9.17, 15) is 9.59 Å². The Hall–Kier alpha value is -2.70. The van der Waals surface area contributed by atoms with E-state index in [0.29, 0.717) is 32.7 Å². The molecule has 0 saturated carbocycles. The van der Waals surface area contributed by atoms with Gasteiger partial charge in [-0.1, -0.05) is 60.7 Å². The number of methoxy groups -OCH3 is 1. The smallest absolute Gasteiger partial charge is 0.312 e. The van der Waals surface area contributed by atoms with Crippen LogP contribution in [0.4, 0.5) is 0 Å². The number of ether oxygens (including phenoxy) is 3. The molecule has 2 unspecified atom stereocenters. The number of carbonyl (C=O) groups excluding carboxylic acids is 2. The van der Waals surface area contributed by atoms with E-state index in [1.165, 1.54) is 7.11 Å². The first-order valence-corrected chi connectivity index (χ1v) is 9.83. The Balaban J connectivity index is 1.84. The summed E-state index contributed by atoms with van der Waals surface area (Å²) < 4.78 is 16.5. The molecule has 1 aliphatic heterocycles. The van der Waals surface area contributed by atoms with Crippen molar-refractivity contribution in [3.8, 4) is 0 Å². The van der Waals surface area contributed by atoms with E-state index in [1.54, 1.807) is 4.90 Å². The van der Waals surface area contributed by atoms with E-state index in [-0.39, 0.29) is 12.5 Å². The quantitative estimate of drug-likeness (QED) is 0.641. The van der Waals surface area contributed by atoms with E-state index in [4.69, 9.17) is 14.2 Å². The molecule has 6 nitrogen and oxygen atoms in total. The highest BCUT2D eigenvalue weighted by Crippen LogP contribution is 2.21. The van der Waals surface area contributed by atoms with E-state index in [0.717, 1.165) is 11.1 Å². The van der Waals surface area contributed by atoms with Gasteiger partial charge in [0, 0.05) is 13.1 Å². The molecular weight excluding hydrogens is 370 g/mol. The molecule has 0 spiro atoms. The minimum atomic E-state index is -0.930. The number of nitrogens with zero attached hydrogens (tertiary/aromatic N) is 1. The van der Waals surface area contributed by atoms with Crippen LogP contribution in [0.5, 0.6) is 0 Å². The highest BCUT2D eigenvalue weighted by Gasteiger charge is 2.38. The Morgan fingerprint density at radius 1 is 0.966 bits per heavy atom. The van der Waals surface area contributed by atoms with Gasteiger partial charge in [0.05, 0.1) is 32.8 Å². The van der Waals surface area contributed by atoms with Gasteiger partial charge in [-0.25, -0.2) is 0 Å². The summed E-state index contributed by atoms with van der Waals surface area (Å²) in [5.41, 5.74) is 1.89. The average Bonchev–Trinajstić information content (AvgIpc) is 2.79. The van der Waals surface area contributed by atoms with Gasteiger partial charge in [-0.05, 0) is 17.5 Å². The number of morpholine rings is 1. The third kappa shape index (κ3) is 5.89. The van der Waals surface area contributed by atoms with E-state index in [1.807, 2.05) is 60.7 Å². The molecule has 3 rings (SSSR count). The van der Waals surface area contributed by atoms with Crippen molar-refractivity contribution in [3.63, 3.8) is 0 Å². The van der Waals surface area contributed by atoms with E-state index in [2.05, 4.69) is 0 Å². The molecule has 1 heterocycles. The van der Waals surface area contributed by atoms with Gasteiger partial charge in [0.25, 0.3) is 5.91 Å². The molecule has 1 saturated heterocycles. The molecule has 1 aliphatic rings. The van der Waals surface area contributed by atoms with Crippen molar-refractivity contribution in [2.45, 2.75) is 19.1 Å². The second-order valence-electron chi connectivity index (χ2n) is 6.97. The zero-order chi connectivity index (χ0) is 20.5. The van der Waals surface area contributed by atoms with Crippen LogP contribution in [-0.4, -0.2) is 56.3 Å². The molecule has 2 aromatic carbocycles. The van der Waals surface area contributed by atoms with Gasteiger partial charge in [-0.15, -0.1) is 0 Å². The minimum absolute atomic E-state index is 0.199. The molecule has 29 heavy (non-hydrogen) atoms. The van der Waals surface area contributed by atoms with Gasteiger partial charge in [-0.2, -0.15) is 0 Å². The lowest BCUT2D eigenvalue weighted by Crippen LogP contribution is -2.50. The second-order valence-corrected chi connectivity index (χ2v) is 6.97. The number of hydrogen-bond acceptors (Lipinski definition) is 5. The molecule has 0 aliphatic carbocycles.